The molecule has 0 aromatic heterocycles. The van der Waals surface area contributed by atoms with Gasteiger partial charge in [-0.25, -0.2) is 22.9 Å². The van der Waals surface area contributed by atoms with Crippen LogP contribution in [-0.4, -0.2) is 90.0 Å². The van der Waals surface area contributed by atoms with E-state index in [1.54, 1.807) is 82.8 Å². The molecule has 2 aromatic rings. The van der Waals surface area contributed by atoms with Crippen LogP contribution in [0.3, 0.4) is 0 Å². The standard InChI is InChI=1S/C32H44ClN5O7S/c1-31(2,3)44-29(40)35-28(34)38(30(41)45-32(4,5)6)25-12-8-21(9-13-25)27(39)36-15-17-37(18-16-36)46(42,43)26-14-10-22-19-24(33)11-7-23(22)20-26/h7,10-11,14,19-21,25H,8-9,12-13,15-18H2,1-6H3,(H2,34,35,40). The molecule has 4 rings (SSSR count). The molecule has 0 atom stereocenters. The van der Waals surface area contributed by atoms with Crippen LogP contribution >= 0.6 is 11.6 Å². The van der Waals surface area contributed by atoms with E-state index in [0.29, 0.717) is 30.7 Å². The smallest absolute Gasteiger partial charge is 0.437 e. The minimum atomic E-state index is -3.75. The second kappa shape index (κ2) is 13.7. The Morgan fingerprint density at radius 2 is 1.43 bits per heavy atom. The van der Waals surface area contributed by atoms with Crippen LogP contribution in [0.4, 0.5) is 9.59 Å². The van der Waals surface area contributed by atoms with Crippen molar-refractivity contribution >= 4 is 56.4 Å². The minimum absolute atomic E-state index is 0.0442. The zero-order chi connectivity index (χ0) is 34.0. The first-order valence-electron chi connectivity index (χ1n) is 15.4. The van der Waals surface area contributed by atoms with Crippen LogP contribution in [0, 0.1) is 5.92 Å². The number of guanidine groups is 1. The molecule has 2 fully saturated rings. The van der Waals surface area contributed by atoms with Crippen molar-refractivity contribution in [2.75, 3.05) is 26.2 Å². The van der Waals surface area contributed by atoms with E-state index in [-0.39, 0.29) is 48.9 Å². The Morgan fingerprint density at radius 3 is 2.02 bits per heavy atom. The fraction of sp³-hybridized carbons (Fsp3) is 0.562. The average molecular weight is 678 g/mol. The van der Waals surface area contributed by atoms with Gasteiger partial charge in [0.05, 0.1) is 4.90 Å². The Balaban J connectivity index is 1.37. The van der Waals surface area contributed by atoms with E-state index in [0.717, 1.165) is 10.8 Å². The molecule has 14 heteroatoms. The van der Waals surface area contributed by atoms with Gasteiger partial charge in [0.15, 0.2) is 0 Å². The zero-order valence-electron chi connectivity index (χ0n) is 27.3. The van der Waals surface area contributed by atoms with Gasteiger partial charge < -0.3 is 20.1 Å². The van der Waals surface area contributed by atoms with Crippen molar-refractivity contribution in [2.45, 2.75) is 89.4 Å². The third-order valence-corrected chi connectivity index (χ3v) is 9.94. The molecular weight excluding hydrogens is 634 g/mol. The number of carbonyl (C=O) groups is 3. The third-order valence-electron chi connectivity index (χ3n) is 7.81. The number of nitrogens with zero attached hydrogens (tertiary/aromatic N) is 4. The van der Waals surface area contributed by atoms with Crippen LogP contribution in [0.15, 0.2) is 46.3 Å². The van der Waals surface area contributed by atoms with Crippen LogP contribution in [0.5, 0.6) is 0 Å². The molecule has 1 aliphatic carbocycles. The maximum absolute atomic E-state index is 13.5. The minimum Gasteiger partial charge on any atom is -0.443 e. The molecule has 2 N–H and O–H groups in total. The summed E-state index contributed by atoms with van der Waals surface area (Å²) in [6.07, 6.45) is 0.155. The predicted molar refractivity (Wildman–Crippen MR) is 176 cm³/mol. The number of benzene rings is 2. The van der Waals surface area contributed by atoms with Crippen molar-refractivity contribution in [2.24, 2.45) is 16.6 Å². The van der Waals surface area contributed by atoms with E-state index in [4.69, 9.17) is 26.8 Å². The number of nitrogens with two attached hydrogens (primary N) is 1. The largest absolute Gasteiger partial charge is 0.443 e. The number of aliphatic imine (C=N–C) groups is 1. The lowest BCUT2D eigenvalue weighted by molar-refractivity contribution is -0.138. The van der Waals surface area contributed by atoms with Crippen LogP contribution < -0.4 is 5.73 Å². The Kier molecular flexibility index (Phi) is 10.6. The van der Waals surface area contributed by atoms with Gasteiger partial charge in [-0.2, -0.15) is 4.31 Å². The first kappa shape index (κ1) is 35.4. The van der Waals surface area contributed by atoms with Gasteiger partial charge in [0.1, 0.15) is 11.2 Å². The number of hydrogen-bond acceptors (Lipinski definition) is 7. The first-order chi connectivity index (χ1) is 21.3. The van der Waals surface area contributed by atoms with E-state index in [1.807, 2.05) is 0 Å². The average Bonchev–Trinajstić information content (AvgIpc) is 2.95. The Labute approximate surface area is 275 Å². The second-order valence-electron chi connectivity index (χ2n) is 13.7. The number of hydrogen-bond donors (Lipinski definition) is 1. The van der Waals surface area contributed by atoms with Gasteiger partial charge in [-0.05, 0) is 102 Å². The molecule has 0 unspecified atom stereocenters. The molecule has 1 aliphatic heterocycles. The van der Waals surface area contributed by atoms with Crippen LogP contribution in [0.25, 0.3) is 10.8 Å². The van der Waals surface area contributed by atoms with Gasteiger partial charge in [-0.15, -0.1) is 4.99 Å². The van der Waals surface area contributed by atoms with Gasteiger partial charge >= 0.3 is 12.2 Å². The lowest BCUT2D eigenvalue weighted by Gasteiger charge is -2.39. The topological polar surface area (TPSA) is 152 Å². The summed E-state index contributed by atoms with van der Waals surface area (Å²) in [6, 6.07) is 9.82. The predicted octanol–water partition coefficient (Wildman–Crippen LogP) is 5.37. The molecule has 1 saturated heterocycles. The highest BCUT2D eigenvalue weighted by molar-refractivity contribution is 7.89. The lowest BCUT2D eigenvalue weighted by atomic mass is 9.84. The number of carbonyl (C=O) groups excluding carboxylic acids is 3. The number of amides is 3. The number of sulfonamides is 1. The number of rotatable bonds is 4. The summed E-state index contributed by atoms with van der Waals surface area (Å²) in [6.45, 7) is 11.2. The second-order valence-corrected chi connectivity index (χ2v) is 16.1. The highest BCUT2D eigenvalue weighted by Gasteiger charge is 2.38. The van der Waals surface area contributed by atoms with Crippen molar-refractivity contribution in [1.82, 2.24) is 14.1 Å². The van der Waals surface area contributed by atoms with Crippen molar-refractivity contribution in [3.05, 3.63) is 41.4 Å². The quantitative estimate of drug-likeness (QED) is 0.335. The summed E-state index contributed by atoms with van der Waals surface area (Å²) in [5.74, 6) is -0.667. The molecular formula is C32H44ClN5O7S. The van der Waals surface area contributed by atoms with Gasteiger partial charge in [-0.3, -0.25) is 4.79 Å². The molecule has 1 saturated carbocycles. The molecule has 2 aliphatic rings. The fourth-order valence-electron chi connectivity index (χ4n) is 5.67. The van der Waals surface area contributed by atoms with Crippen molar-refractivity contribution in [3.63, 3.8) is 0 Å². The Hall–Kier alpha value is -3.42. The molecule has 0 radical (unpaired) electrons. The summed E-state index contributed by atoms with van der Waals surface area (Å²) >= 11 is 6.06. The fourth-order valence-corrected chi connectivity index (χ4v) is 7.30. The SMILES string of the molecule is CC(C)(C)OC(=O)N=C(N)N(C(=O)OC(C)(C)C)C1CCC(C(=O)N2CCN(S(=O)(=O)c3ccc4cc(Cl)ccc4c3)CC2)CC1. The number of ether oxygens (including phenoxy) is 2. The summed E-state index contributed by atoms with van der Waals surface area (Å²) < 4.78 is 39.0. The van der Waals surface area contributed by atoms with Gasteiger partial charge in [0.25, 0.3) is 0 Å². The Bertz CT molecular complexity index is 1600. The van der Waals surface area contributed by atoms with Crippen molar-refractivity contribution in [1.29, 1.82) is 0 Å². The molecule has 252 valence electrons. The van der Waals surface area contributed by atoms with Crippen molar-refractivity contribution in [3.8, 4) is 0 Å². The van der Waals surface area contributed by atoms with E-state index in [2.05, 4.69) is 4.99 Å². The van der Waals surface area contributed by atoms with Crippen LogP contribution in [0.2, 0.25) is 5.02 Å². The van der Waals surface area contributed by atoms with E-state index < -0.39 is 39.5 Å². The van der Waals surface area contributed by atoms with E-state index >= 15 is 0 Å². The highest BCUT2D eigenvalue weighted by atomic mass is 35.5. The number of piperazine rings is 1. The van der Waals surface area contributed by atoms with Crippen LogP contribution in [0.1, 0.15) is 67.2 Å². The van der Waals surface area contributed by atoms with E-state index in [1.165, 1.54) is 9.21 Å². The van der Waals surface area contributed by atoms with Crippen LogP contribution in [-0.2, 0) is 24.3 Å². The maximum atomic E-state index is 13.5. The molecule has 12 nitrogen and oxygen atoms in total. The van der Waals surface area contributed by atoms with Gasteiger partial charge in [0, 0.05) is 43.2 Å². The number of fused-ring (bicyclic) bond motifs is 1. The summed E-state index contributed by atoms with van der Waals surface area (Å²) in [4.78, 5) is 45.9. The third kappa shape index (κ3) is 8.89. The first-order valence-corrected chi connectivity index (χ1v) is 17.2. The van der Waals surface area contributed by atoms with Gasteiger partial charge in [0.2, 0.25) is 21.9 Å². The van der Waals surface area contributed by atoms with Crippen molar-refractivity contribution < 1.29 is 32.3 Å². The molecule has 46 heavy (non-hydrogen) atoms. The monoisotopic (exact) mass is 677 g/mol. The molecule has 2 aromatic carbocycles. The van der Waals surface area contributed by atoms with E-state index in [9.17, 15) is 22.8 Å². The zero-order valence-corrected chi connectivity index (χ0v) is 28.9. The molecule has 0 bridgehead atoms. The maximum Gasteiger partial charge on any atom is 0.437 e. The number of halogens is 1. The normalized spacial score (nSPS) is 20.3. The summed E-state index contributed by atoms with van der Waals surface area (Å²) in [5, 5.41) is 2.20. The Morgan fingerprint density at radius 1 is 0.870 bits per heavy atom. The van der Waals surface area contributed by atoms with Gasteiger partial charge in [-0.1, -0.05) is 23.7 Å². The molecule has 1 heterocycles. The summed E-state index contributed by atoms with van der Waals surface area (Å²) in [5.41, 5.74) is 4.56. The highest BCUT2D eigenvalue weighted by Crippen LogP contribution is 2.31. The molecule has 3 amide bonds. The lowest BCUT2D eigenvalue weighted by Crippen LogP contribution is -2.54. The molecule has 0 spiro atoms. The summed E-state index contributed by atoms with van der Waals surface area (Å²) in [7, 11) is -3.75.